The van der Waals surface area contributed by atoms with E-state index in [9.17, 15) is 8.78 Å². The fraction of sp³-hybridized carbons (Fsp3) is 0.400. The van der Waals surface area contributed by atoms with Gasteiger partial charge in [-0.2, -0.15) is 0 Å². The lowest BCUT2D eigenvalue weighted by Crippen LogP contribution is -2.40. The third-order valence-electron chi connectivity index (χ3n) is 2.31. The van der Waals surface area contributed by atoms with Crippen LogP contribution in [0.1, 0.15) is 12.8 Å². The SMILES string of the molecule is I.NC(=NC1CC(F)(F)C1)Nc1ccccn1. The van der Waals surface area contributed by atoms with Crippen molar-refractivity contribution in [2.45, 2.75) is 24.8 Å². The molecule has 0 unspecified atom stereocenters. The van der Waals surface area contributed by atoms with E-state index in [2.05, 4.69) is 15.3 Å². The molecule has 0 spiro atoms. The minimum Gasteiger partial charge on any atom is -0.370 e. The number of aliphatic imine (C=N–C) groups is 1. The summed E-state index contributed by atoms with van der Waals surface area (Å²) in [4.78, 5) is 7.91. The van der Waals surface area contributed by atoms with Crippen LogP contribution >= 0.6 is 24.0 Å². The number of guanidine groups is 1. The van der Waals surface area contributed by atoms with Crippen LogP contribution in [0.4, 0.5) is 14.6 Å². The smallest absolute Gasteiger partial charge is 0.252 e. The van der Waals surface area contributed by atoms with Gasteiger partial charge in [0.1, 0.15) is 5.82 Å². The molecule has 0 amide bonds. The maximum absolute atomic E-state index is 12.5. The van der Waals surface area contributed by atoms with Crippen molar-refractivity contribution in [1.29, 1.82) is 0 Å². The fourth-order valence-corrected chi connectivity index (χ4v) is 1.52. The largest absolute Gasteiger partial charge is 0.370 e. The van der Waals surface area contributed by atoms with Gasteiger partial charge in [0.25, 0.3) is 5.92 Å². The molecule has 1 aromatic rings. The van der Waals surface area contributed by atoms with Crippen molar-refractivity contribution < 1.29 is 8.78 Å². The molecule has 0 aliphatic heterocycles. The summed E-state index contributed by atoms with van der Waals surface area (Å²) in [5.74, 6) is -1.89. The molecule has 1 aliphatic carbocycles. The molecular formula is C10H13F2IN4. The zero-order chi connectivity index (χ0) is 11.6. The normalized spacial score (nSPS) is 19.1. The Morgan fingerprint density at radius 2 is 2.18 bits per heavy atom. The molecule has 1 saturated carbocycles. The maximum atomic E-state index is 12.5. The summed E-state index contributed by atoms with van der Waals surface area (Å²) in [5, 5.41) is 2.74. The van der Waals surface area contributed by atoms with Crippen molar-refractivity contribution in [3.63, 3.8) is 0 Å². The fourth-order valence-electron chi connectivity index (χ4n) is 1.52. The Balaban J connectivity index is 0.00000144. The van der Waals surface area contributed by atoms with Crippen LogP contribution in [0, 0.1) is 0 Å². The Morgan fingerprint density at radius 1 is 1.47 bits per heavy atom. The third kappa shape index (κ3) is 4.06. The Kier molecular flexibility index (Phi) is 4.61. The minimum atomic E-state index is -2.57. The van der Waals surface area contributed by atoms with Crippen molar-refractivity contribution in [3.8, 4) is 0 Å². The molecule has 94 valence electrons. The predicted molar refractivity (Wildman–Crippen MR) is 72.9 cm³/mol. The monoisotopic (exact) mass is 354 g/mol. The van der Waals surface area contributed by atoms with E-state index in [0.717, 1.165) is 0 Å². The first kappa shape index (κ1) is 14.1. The van der Waals surface area contributed by atoms with Crippen molar-refractivity contribution >= 4 is 35.8 Å². The molecule has 0 bridgehead atoms. The van der Waals surface area contributed by atoms with E-state index >= 15 is 0 Å². The number of hydrogen-bond acceptors (Lipinski definition) is 2. The van der Waals surface area contributed by atoms with E-state index in [-0.39, 0.29) is 48.8 Å². The Hall–Kier alpha value is -0.990. The molecule has 1 fully saturated rings. The summed E-state index contributed by atoms with van der Waals surface area (Å²) in [6.45, 7) is 0. The van der Waals surface area contributed by atoms with Crippen molar-refractivity contribution in [1.82, 2.24) is 4.98 Å². The number of rotatable bonds is 2. The number of hydrogen-bond donors (Lipinski definition) is 2. The lowest BCUT2D eigenvalue weighted by Gasteiger charge is -2.32. The summed E-state index contributed by atoms with van der Waals surface area (Å²) in [6, 6.07) is 4.90. The summed E-state index contributed by atoms with van der Waals surface area (Å²) in [5.41, 5.74) is 5.56. The third-order valence-corrected chi connectivity index (χ3v) is 2.31. The van der Waals surface area contributed by atoms with Crippen LogP contribution in [-0.4, -0.2) is 22.9 Å². The first-order valence-corrected chi connectivity index (χ1v) is 4.94. The van der Waals surface area contributed by atoms with Crippen molar-refractivity contribution in [2.24, 2.45) is 10.7 Å². The first-order valence-electron chi connectivity index (χ1n) is 4.94. The van der Waals surface area contributed by atoms with Gasteiger partial charge in [0.2, 0.25) is 0 Å². The summed E-state index contributed by atoms with van der Waals surface area (Å²) >= 11 is 0. The first-order chi connectivity index (χ1) is 7.55. The molecular weight excluding hydrogens is 341 g/mol. The van der Waals surface area contributed by atoms with Gasteiger partial charge in [-0.3, -0.25) is 0 Å². The van der Waals surface area contributed by atoms with Gasteiger partial charge < -0.3 is 11.1 Å². The highest BCUT2D eigenvalue weighted by molar-refractivity contribution is 14.0. The van der Waals surface area contributed by atoms with Gasteiger partial charge in [0, 0.05) is 19.0 Å². The van der Waals surface area contributed by atoms with Crippen molar-refractivity contribution in [2.75, 3.05) is 5.32 Å². The number of pyridine rings is 1. The predicted octanol–water partition coefficient (Wildman–Crippen LogP) is 2.22. The molecule has 0 saturated heterocycles. The quantitative estimate of drug-likeness (QED) is 0.486. The van der Waals surface area contributed by atoms with E-state index in [1.807, 2.05) is 0 Å². The lowest BCUT2D eigenvalue weighted by molar-refractivity contribution is -0.0834. The van der Waals surface area contributed by atoms with E-state index in [4.69, 9.17) is 5.73 Å². The zero-order valence-corrected chi connectivity index (χ0v) is 11.3. The lowest BCUT2D eigenvalue weighted by atomic mass is 9.89. The van der Waals surface area contributed by atoms with Gasteiger partial charge in [0.15, 0.2) is 5.96 Å². The topological polar surface area (TPSA) is 63.3 Å². The number of halogens is 3. The Labute approximate surface area is 115 Å². The Morgan fingerprint density at radius 3 is 2.71 bits per heavy atom. The molecule has 4 nitrogen and oxygen atoms in total. The van der Waals surface area contributed by atoms with E-state index in [1.165, 1.54) is 0 Å². The molecule has 0 radical (unpaired) electrons. The van der Waals surface area contributed by atoms with Crippen LogP contribution in [0.5, 0.6) is 0 Å². The van der Waals surface area contributed by atoms with Crippen LogP contribution in [-0.2, 0) is 0 Å². The molecule has 2 rings (SSSR count). The number of alkyl halides is 2. The van der Waals surface area contributed by atoms with Crippen LogP contribution < -0.4 is 11.1 Å². The molecule has 1 heterocycles. The molecule has 17 heavy (non-hydrogen) atoms. The molecule has 1 aliphatic rings. The van der Waals surface area contributed by atoms with Gasteiger partial charge in [-0.1, -0.05) is 6.07 Å². The maximum Gasteiger partial charge on any atom is 0.252 e. The standard InChI is InChI=1S/C10H12F2N4.HI/c11-10(12)5-7(6-10)15-9(13)16-8-3-1-2-4-14-8;/h1-4,7H,5-6H2,(H3,13,14,15,16);1H. The van der Waals surface area contributed by atoms with E-state index < -0.39 is 5.92 Å². The van der Waals surface area contributed by atoms with Crippen molar-refractivity contribution in [3.05, 3.63) is 24.4 Å². The summed E-state index contributed by atoms with van der Waals surface area (Å²) in [6.07, 6.45) is 1.16. The van der Waals surface area contributed by atoms with Crippen LogP contribution in [0.15, 0.2) is 29.4 Å². The molecule has 7 heteroatoms. The number of nitrogens with two attached hydrogens (primary N) is 1. The number of nitrogens with one attached hydrogen (secondary N) is 1. The second kappa shape index (κ2) is 5.56. The highest BCUT2D eigenvalue weighted by Crippen LogP contribution is 2.39. The van der Waals surface area contributed by atoms with Crippen LogP contribution in [0.2, 0.25) is 0 Å². The average molecular weight is 354 g/mol. The second-order valence-electron chi connectivity index (χ2n) is 3.77. The second-order valence-corrected chi connectivity index (χ2v) is 3.77. The van der Waals surface area contributed by atoms with E-state index in [0.29, 0.717) is 5.82 Å². The molecule has 1 aromatic heterocycles. The Bertz CT molecular complexity index is 389. The van der Waals surface area contributed by atoms with Gasteiger partial charge in [-0.15, -0.1) is 24.0 Å². The van der Waals surface area contributed by atoms with Gasteiger partial charge >= 0.3 is 0 Å². The number of nitrogens with zero attached hydrogens (tertiary/aromatic N) is 2. The molecule has 0 atom stereocenters. The van der Waals surface area contributed by atoms with Gasteiger partial charge in [0.05, 0.1) is 6.04 Å². The highest BCUT2D eigenvalue weighted by atomic mass is 127. The molecule has 3 N–H and O–H groups in total. The zero-order valence-electron chi connectivity index (χ0n) is 8.94. The van der Waals surface area contributed by atoms with Crippen LogP contribution in [0.3, 0.4) is 0 Å². The van der Waals surface area contributed by atoms with E-state index in [1.54, 1.807) is 24.4 Å². The number of anilines is 1. The summed E-state index contributed by atoms with van der Waals surface area (Å²) in [7, 11) is 0. The van der Waals surface area contributed by atoms with Crippen LogP contribution in [0.25, 0.3) is 0 Å². The average Bonchev–Trinajstić information content (AvgIpc) is 2.16. The minimum absolute atomic E-state index is 0. The molecule has 0 aromatic carbocycles. The highest BCUT2D eigenvalue weighted by Gasteiger charge is 2.45. The van der Waals surface area contributed by atoms with Gasteiger partial charge in [-0.25, -0.2) is 18.8 Å². The summed E-state index contributed by atoms with van der Waals surface area (Å²) < 4.78 is 25.0. The van der Waals surface area contributed by atoms with Gasteiger partial charge in [-0.05, 0) is 12.1 Å². The number of aromatic nitrogens is 1.